The lowest BCUT2D eigenvalue weighted by Crippen LogP contribution is -2.62. The Kier molecular flexibility index (Phi) is 8.78. The number of aromatic nitrogens is 2. The molecule has 4 rings (SSSR count). The van der Waals surface area contributed by atoms with Crippen LogP contribution in [0.5, 0.6) is 0 Å². The fraction of sp³-hybridized carbons (Fsp3) is 0.655. The van der Waals surface area contributed by atoms with Crippen LogP contribution in [0.3, 0.4) is 0 Å². The van der Waals surface area contributed by atoms with Crippen LogP contribution in [0, 0.1) is 0 Å². The van der Waals surface area contributed by atoms with Crippen molar-refractivity contribution in [2.45, 2.75) is 96.4 Å². The molecule has 2 aromatic heterocycles. The number of nitrogens with zero attached hydrogens (tertiary/aromatic N) is 5. The number of thiazole rings is 1. The maximum absolute atomic E-state index is 14.8. The number of halogens is 2. The predicted octanol–water partition coefficient (Wildman–Crippen LogP) is 5.10. The van der Waals surface area contributed by atoms with Gasteiger partial charge in [-0.15, -0.1) is 11.3 Å². The van der Waals surface area contributed by atoms with Gasteiger partial charge in [-0.1, -0.05) is 27.2 Å². The van der Waals surface area contributed by atoms with Gasteiger partial charge in [-0.3, -0.25) is 14.7 Å². The number of carbonyl (C=O) groups is 2. The molecular weight excluding hydrogens is 552 g/mol. The van der Waals surface area contributed by atoms with Crippen LogP contribution in [0.2, 0.25) is 0 Å². The molecule has 0 aromatic carbocycles. The highest BCUT2D eigenvalue weighted by Crippen LogP contribution is 2.43. The third-order valence-electron chi connectivity index (χ3n) is 7.61. The average Bonchev–Trinajstić information content (AvgIpc) is 3.49. The van der Waals surface area contributed by atoms with E-state index in [2.05, 4.69) is 9.97 Å². The van der Waals surface area contributed by atoms with Gasteiger partial charge in [-0.2, -0.15) is 8.78 Å². The molecule has 41 heavy (non-hydrogen) atoms. The molecule has 3 unspecified atom stereocenters. The number of piperazine rings is 1. The Morgan fingerprint density at radius 1 is 1.24 bits per heavy atom. The van der Waals surface area contributed by atoms with Crippen molar-refractivity contribution >= 4 is 29.0 Å². The van der Waals surface area contributed by atoms with Gasteiger partial charge in [-0.05, 0) is 33.8 Å². The summed E-state index contributed by atoms with van der Waals surface area (Å²) in [6.07, 6.45) is 1.50. The van der Waals surface area contributed by atoms with Crippen LogP contribution < -0.4 is 4.90 Å². The van der Waals surface area contributed by atoms with Gasteiger partial charge >= 0.3 is 6.09 Å². The number of pyridine rings is 1. The first-order valence-corrected chi connectivity index (χ1v) is 14.9. The highest BCUT2D eigenvalue weighted by Gasteiger charge is 2.45. The van der Waals surface area contributed by atoms with E-state index < -0.39 is 35.2 Å². The molecule has 0 spiro atoms. The quantitative estimate of drug-likeness (QED) is 0.477. The fourth-order valence-electron chi connectivity index (χ4n) is 5.55. The highest BCUT2D eigenvalue weighted by atomic mass is 32.1. The van der Waals surface area contributed by atoms with Gasteiger partial charge in [0.2, 0.25) is 5.91 Å². The van der Waals surface area contributed by atoms with Gasteiger partial charge in [0.05, 0.1) is 18.3 Å². The van der Waals surface area contributed by atoms with Crippen molar-refractivity contribution < 1.29 is 28.2 Å². The van der Waals surface area contributed by atoms with Crippen molar-refractivity contribution in [3.63, 3.8) is 0 Å². The maximum Gasteiger partial charge on any atom is 0.410 e. The Morgan fingerprint density at radius 2 is 1.95 bits per heavy atom. The number of amides is 2. The van der Waals surface area contributed by atoms with E-state index in [1.54, 1.807) is 49.1 Å². The third kappa shape index (κ3) is 6.70. The number of hydrogen-bond donors (Lipinski definition) is 1. The minimum absolute atomic E-state index is 0.0713. The van der Waals surface area contributed by atoms with E-state index in [-0.39, 0.29) is 37.2 Å². The third-order valence-corrected chi connectivity index (χ3v) is 8.46. The number of hydrogen-bond acceptors (Lipinski definition) is 8. The van der Waals surface area contributed by atoms with E-state index >= 15 is 0 Å². The summed E-state index contributed by atoms with van der Waals surface area (Å²) >= 11 is 1.29. The molecule has 0 radical (unpaired) electrons. The normalized spacial score (nSPS) is 22.0. The summed E-state index contributed by atoms with van der Waals surface area (Å²) in [5.74, 6) is -3.37. The minimum atomic E-state index is -3.10. The Labute approximate surface area is 244 Å². The van der Waals surface area contributed by atoms with Crippen LogP contribution in [0.25, 0.3) is 0 Å². The minimum Gasteiger partial charge on any atom is -0.444 e. The molecule has 2 aromatic rings. The second-order valence-electron chi connectivity index (χ2n) is 12.7. The highest BCUT2D eigenvalue weighted by molar-refractivity contribution is 7.09. The molecule has 4 heterocycles. The van der Waals surface area contributed by atoms with E-state index in [1.807, 2.05) is 25.7 Å². The number of carbonyl (C=O) groups excluding carboxylic acids is 2. The molecule has 1 N–H and O–H groups in total. The van der Waals surface area contributed by atoms with Crippen molar-refractivity contribution in [1.29, 1.82) is 0 Å². The lowest BCUT2D eigenvalue weighted by molar-refractivity contribution is -0.122. The van der Waals surface area contributed by atoms with Crippen molar-refractivity contribution in [2.75, 3.05) is 31.1 Å². The van der Waals surface area contributed by atoms with Gasteiger partial charge in [0.25, 0.3) is 5.92 Å². The molecule has 0 aliphatic carbocycles. The summed E-state index contributed by atoms with van der Waals surface area (Å²) in [6, 6.07) is 0.414. The second kappa shape index (κ2) is 11.5. The second-order valence-corrected chi connectivity index (χ2v) is 13.6. The first-order chi connectivity index (χ1) is 19.0. The van der Waals surface area contributed by atoms with Gasteiger partial charge in [0.15, 0.2) is 0 Å². The van der Waals surface area contributed by atoms with Crippen LogP contribution in [0.1, 0.15) is 83.7 Å². The zero-order valence-corrected chi connectivity index (χ0v) is 25.7. The largest absolute Gasteiger partial charge is 0.444 e. The van der Waals surface area contributed by atoms with E-state index in [0.717, 1.165) is 5.56 Å². The lowest BCUT2D eigenvalue weighted by atomic mass is 9.88. The van der Waals surface area contributed by atoms with Crippen molar-refractivity contribution in [2.24, 2.45) is 0 Å². The summed E-state index contributed by atoms with van der Waals surface area (Å²) in [7, 11) is 0. The molecule has 9 nitrogen and oxygen atoms in total. The van der Waals surface area contributed by atoms with Gasteiger partial charge in [-0.25, -0.2) is 9.78 Å². The molecule has 2 aliphatic heterocycles. The van der Waals surface area contributed by atoms with E-state index in [0.29, 0.717) is 30.2 Å². The number of ether oxygens (including phenoxy) is 1. The van der Waals surface area contributed by atoms with E-state index in [9.17, 15) is 23.5 Å². The Bertz CT molecular complexity index is 1250. The molecule has 0 saturated carbocycles. The predicted molar refractivity (Wildman–Crippen MR) is 153 cm³/mol. The van der Waals surface area contributed by atoms with E-state index in [1.165, 1.54) is 23.6 Å². The standard InChI is InChI=1S/C29H41F2N5O4S/c1-8-9-29(30,31)22-12-20-19(13-33-22)28(6,7)17-36(20)23(37)16-34-14-18(2)35(26(39)40-27(3,4)5)15-21(34)24(38)25-32-10-11-41-25/h10-13,18,21,24,38H,8-9,14-17H2,1-7H3. The van der Waals surface area contributed by atoms with Gasteiger partial charge < -0.3 is 19.6 Å². The monoisotopic (exact) mass is 593 g/mol. The molecule has 0 bridgehead atoms. The summed E-state index contributed by atoms with van der Waals surface area (Å²) in [5, 5.41) is 13.6. The number of fused-ring (bicyclic) bond motifs is 1. The number of anilines is 1. The first-order valence-electron chi connectivity index (χ1n) is 14.0. The van der Waals surface area contributed by atoms with Crippen molar-refractivity contribution in [1.82, 2.24) is 19.8 Å². The number of alkyl halides is 2. The molecular formula is C29H41F2N5O4S. The van der Waals surface area contributed by atoms with Crippen molar-refractivity contribution in [3.05, 3.63) is 40.1 Å². The van der Waals surface area contributed by atoms with Crippen LogP contribution >= 0.6 is 11.3 Å². The number of aliphatic hydroxyl groups excluding tert-OH is 1. The summed E-state index contributed by atoms with van der Waals surface area (Å²) < 4.78 is 35.2. The van der Waals surface area contributed by atoms with Crippen LogP contribution in [-0.4, -0.2) is 80.7 Å². The summed E-state index contributed by atoms with van der Waals surface area (Å²) in [6.45, 7) is 13.5. The van der Waals surface area contributed by atoms with E-state index in [4.69, 9.17) is 4.74 Å². The number of aliphatic hydroxyl groups is 1. The molecule has 2 aliphatic rings. The zero-order valence-electron chi connectivity index (χ0n) is 24.9. The van der Waals surface area contributed by atoms with Crippen LogP contribution in [0.15, 0.2) is 23.8 Å². The molecule has 226 valence electrons. The first kappa shape index (κ1) is 31.2. The van der Waals surface area contributed by atoms with Crippen molar-refractivity contribution in [3.8, 4) is 0 Å². The summed E-state index contributed by atoms with van der Waals surface area (Å²) in [5.41, 5.74) is -0.322. The molecule has 1 fully saturated rings. The Hall–Kier alpha value is -2.70. The summed E-state index contributed by atoms with van der Waals surface area (Å²) in [4.78, 5) is 40.3. The average molecular weight is 594 g/mol. The smallest absolute Gasteiger partial charge is 0.410 e. The molecule has 12 heteroatoms. The molecule has 2 amide bonds. The Morgan fingerprint density at radius 3 is 2.56 bits per heavy atom. The molecule has 3 atom stereocenters. The van der Waals surface area contributed by atoms with Gasteiger partial charge in [0, 0.05) is 60.8 Å². The lowest BCUT2D eigenvalue weighted by Gasteiger charge is -2.46. The zero-order chi connectivity index (χ0) is 30.3. The van der Waals surface area contributed by atoms with Crippen LogP contribution in [-0.2, 0) is 20.9 Å². The maximum atomic E-state index is 14.8. The SMILES string of the molecule is CCCC(F)(F)c1cc2c(cn1)C(C)(C)CN2C(=O)CN1CC(C)N(C(=O)OC(C)(C)C)CC1C(O)c1nccs1. The van der Waals surface area contributed by atoms with Gasteiger partial charge in [0.1, 0.15) is 22.4 Å². The fourth-order valence-corrected chi connectivity index (χ4v) is 6.23. The topological polar surface area (TPSA) is 99.1 Å². The van der Waals surface area contributed by atoms with Crippen LogP contribution in [0.4, 0.5) is 19.3 Å². The molecule has 1 saturated heterocycles. The Balaban J connectivity index is 1.61. The number of rotatable bonds is 7.